The number of carbonyl (C=O) groups is 2. The van der Waals surface area contributed by atoms with Gasteiger partial charge in [0.05, 0.1) is 12.1 Å². The SMILES string of the molecule is CCOC(=O)N1CCN(C(=O)c2ccc3[nH]c(=O)oc3c2)CC1. The summed E-state index contributed by atoms with van der Waals surface area (Å²) < 4.78 is 9.92. The number of amides is 2. The number of nitrogens with zero attached hydrogens (tertiary/aromatic N) is 2. The number of aromatic amines is 1. The number of rotatable bonds is 2. The zero-order valence-electron chi connectivity index (χ0n) is 12.7. The van der Waals surface area contributed by atoms with Crippen LogP contribution in [0.3, 0.4) is 0 Å². The van der Waals surface area contributed by atoms with Crippen molar-refractivity contribution in [3.05, 3.63) is 34.3 Å². The van der Waals surface area contributed by atoms with E-state index in [1.165, 1.54) is 0 Å². The number of benzene rings is 1. The molecule has 0 atom stereocenters. The van der Waals surface area contributed by atoms with E-state index in [9.17, 15) is 14.4 Å². The van der Waals surface area contributed by atoms with Crippen molar-refractivity contribution in [2.75, 3.05) is 32.8 Å². The van der Waals surface area contributed by atoms with Crippen LogP contribution in [0.15, 0.2) is 27.4 Å². The Morgan fingerprint density at radius 3 is 2.61 bits per heavy atom. The summed E-state index contributed by atoms with van der Waals surface area (Å²) in [7, 11) is 0. The van der Waals surface area contributed by atoms with Crippen molar-refractivity contribution in [2.45, 2.75) is 6.92 Å². The van der Waals surface area contributed by atoms with Crippen LogP contribution >= 0.6 is 0 Å². The van der Waals surface area contributed by atoms with Crippen molar-refractivity contribution in [1.29, 1.82) is 0 Å². The Hall–Kier alpha value is -2.77. The fraction of sp³-hybridized carbons (Fsp3) is 0.400. The van der Waals surface area contributed by atoms with Crippen LogP contribution in [0.5, 0.6) is 0 Å². The molecule has 0 aliphatic carbocycles. The van der Waals surface area contributed by atoms with Crippen molar-refractivity contribution < 1.29 is 18.7 Å². The number of piperazine rings is 1. The van der Waals surface area contributed by atoms with Gasteiger partial charge in [-0.2, -0.15) is 0 Å². The van der Waals surface area contributed by atoms with Crippen molar-refractivity contribution >= 4 is 23.1 Å². The Bertz CT molecular complexity index is 786. The predicted octanol–water partition coefficient (Wildman–Crippen LogP) is 1.04. The molecule has 0 spiro atoms. The number of H-pyrrole nitrogens is 1. The zero-order chi connectivity index (χ0) is 16.4. The minimum absolute atomic E-state index is 0.153. The van der Waals surface area contributed by atoms with Crippen LogP contribution in [-0.2, 0) is 4.74 Å². The molecular formula is C15H17N3O5. The van der Waals surface area contributed by atoms with Gasteiger partial charge >= 0.3 is 11.8 Å². The van der Waals surface area contributed by atoms with Gasteiger partial charge in [-0.25, -0.2) is 9.59 Å². The third-order valence-corrected chi connectivity index (χ3v) is 3.76. The molecule has 1 N–H and O–H groups in total. The van der Waals surface area contributed by atoms with Gasteiger partial charge in [-0.1, -0.05) is 0 Å². The van der Waals surface area contributed by atoms with E-state index in [1.54, 1.807) is 34.9 Å². The lowest BCUT2D eigenvalue weighted by atomic mass is 10.1. The maximum atomic E-state index is 12.5. The smallest absolute Gasteiger partial charge is 0.417 e. The molecule has 0 saturated carbocycles. The lowest BCUT2D eigenvalue weighted by Gasteiger charge is -2.34. The molecule has 8 heteroatoms. The summed E-state index contributed by atoms with van der Waals surface area (Å²) in [6.45, 7) is 3.84. The van der Waals surface area contributed by atoms with Gasteiger partial charge in [-0.3, -0.25) is 9.78 Å². The molecule has 1 aromatic heterocycles. The van der Waals surface area contributed by atoms with Crippen molar-refractivity contribution in [3.8, 4) is 0 Å². The first-order valence-electron chi connectivity index (χ1n) is 7.42. The third-order valence-electron chi connectivity index (χ3n) is 3.76. The van der Waals surface area contributed by atoms with Crippen LogP contribution in [0.1, 0.15) is 17.3 Å². The number of nitrogens with one attached hydrogen (secondary N) is 1. The Kier molecular flexibility index (Phi) is 4.05. The van der Waals surface area contributed by atoms with E-state index < -0.39 is 5.76 Å². The average molecular weight is 319 g/mol. The molecular weight excluding hydrogens is 302 g/mol. The van der Waals surface area contributed by atoms with Crippen LogP contribution in [0.25, 0.3) is 11.1 Å². The molecule has 1 aliphatic heterocycles. The molecule has 1 fully saturated rings. The summed E-state index contributed by atoms with van der Waals surface area (Å²) in [5, 5.41) is 0. The fourth-order valence-corrected chi connectivity index (χ4v) is 2.57. The molecule has 3 rings (SSSR count). The highest BCUT2D eigenvalue weighted by atomic mass is 16.6. The molecule has 1 saturated heterocycles. The number of hydrogen-bond acceptors (Lipinski definition) is 5. The number of fused-ring (bicyclic) bond motifs is 1. The molecule has 0 bridgehead atoms. The van der Waals surface area contributed by atoms with Crippen molar-refractivity contribution in [2.24, 2.45) is 0 Å². The molecule has 1 aliphatic rings. The van der Waals surface area contributed by atoms with E-state index in [-0.39, 0.29) is 12.0 Å². The van der Waals surface area contributed by atoms with Crippen LogP contribution in [0.4, 0.5) is 4.79 Å². The molecule has 0 radical (unpaired) electrons. The predicted molar refractivity (Wildman–Crippen MR) is 81.3 cm³/mol. The molecule has 2 amide bonds. The minimum atomic E-state index is -0.548. The summed E-state index contributed by atoms with van der Waals surface area (Å²) in [5.74, 6) is -0.702. The molecule has 23 heavy (non-hydrogen) atoms. The second-order valence-corrected chi connectivity index (χ2v) is 5.20. The number of ether oxygens (including phenoxy) is 1. The molecule has 0 unspecified atom stereocenters. The first kappa shape index (κ1) is 15.1. The molecule has 122 valence electrons. The highest BCUT2D eigenvalue weighted by Gasteiger charge is 2.25. The topological polar surface area (TPSA) is 95.9 Å². The maximum Gasteiger partial charge on any atom is 0.417 e. The van der Waals surface area contributed by atoms with E-state index >= 15 is 0 Å². The van der Waals surface area contributed by atoms with Crippen molar-refractivity contribution in [3.63, 3.8) is 0 Å². The van der Waals surface area contributed by atoms with Gasteiger partial charge < -0.3 is 19.0 Å². The highest BCUT2D eigenvalue weighted by Crippen LogP contribution is 2.15. The van der Waals surface area contributed by atoms with E-state index in [1.807, 2.05) is 0 Å². The summed E-state index contributed by atoms with van der Waals surface area (Å²) in [5.41, 5.74) is 1.36. The number of carbonyl (C=O) groups excluding carboxylic acids is 2. The maximum absolute atomic E-state index is 12.5. The third kappa shape index (κ3) is 3.05. The fourth-order valence-electron chi connectivity index (χ4n) is 2.57. The Morgan fingerprint density at radius 1 is 1.22 bits per heavy atom. The summed E-state index contributed by atoms with van der Waals surface area (Å²) >= 11 is 0. The lowest BCUT2D eigenvalue weighted by Crippen LogP contribution is -2.50. The normalized spacial score (nSPS) is 15.0. The minimum Gasteiger partial charge on any atom is -0.450 e. The summed E-state index contributed by atoms with van der Waals surface area (Å²) in [6.07, 6.45) is -0.352. The van der Waals surface area contributed by atoms with E-state index in [2.05, 4.69) is 4.98 Å². The van der Waals surface area contributed by atoms with Crippen LogP contribution in [0.2, 0.25) is 0 Å². The van der Waals surface area contributed by atoms with Crippen LogP contribution in [0, 0.1) is 0 Å². The zero-order valence-corrected chi connectivity index (χ0v) is 12.7. The molecule has 8 nitrogen and oxygen atoms in total. The quantitative estimate of drug-likeness (QED) is 0.892. The molecule has 2 aromatic rings. The Balaban J connectivity index is 1.68. The number of hydrogen-bond donors (Lipinski definition) is 1. The van der Waals surface area contributed by atoms with Crippen LogP contribution < -0.4 is 5.76 Å². The number of aromatic nitrogens is 1. The van der Waals surface area contributed by atoms with Gasteiger partial charge in [0.25, 0.3) is 5.91 Å². The Morgan fingerprint density at radius 2 is 1.91 bits per heavy atom. The summed E-state index contributed by atoms with van der Waals surface area (Å²) in [6, 6.07) is 4.84. The van der Waals surface area contributed by atoms with E-state index in [4.69, 9.17) is 9.15 Å². The largest absolute Gasteiger partial charge is 0.450 e. The monoisotopic (exact) mass is 319 g/mol. The first-order chi connectivity index (χ1) is 11.1. The second kappa shape index (κ2) is 6.15. The number of oxazole rings is 1. The summed E-state index contributed by atoms with van der Waals surface area (Å²) in [4.78, 5) is 41.1. The van der Waals surface area contributed by atoms with Gasteiger partial charge in [-0.05, 0) is 25.1 Å². The van der Waals surface area contributed by atoms with Gasteiger partial charge in [-0.15, -0.1) is 0 Å². The van der Waals surface area contributed by atoms with E-state index in [0.717, 1.165) is 0 Å². The van der Waals surface area contributed by atoms with E-state index in [0.29, 0.717) is 49.4 Å². The first-order valence-corrected chi connectivity index (χ1v) is 7.42. The van der Waals surface area contributed by atoms with Crippen LogP contribution in [-0.4, -0.2) is 59.6 Å². The van der Waals surface area contributed by atoms with Gasteiger partial charge in [0.2, 0.25) is 0 Å². The average Bonchev–Trinajstić information content (AvgIpc) is 2.93. The van der Waals surface area contributed by atoms with Gasteiger partial charge in [0.15, 0.2) is 5.58 Å². The second-order valence-electron chi connectivity index (χ2n) is 5.20. The molecule has 1 aromatic carbocycles. The Labute approximate surface area is 131 Å². The standard InChI is InChI=1S/C15H17N3O5/c1-2-22-15(21)18-7-5-17(6-8-18)13(19)10-3-4-11-12(9-10)23-14(20)16-11/h3-4,9H,2,5-8H2,1H3,(H,16,20). The van der Waals surface area contributed by atoms with Gasteiger partial charge in [0.1, 0.15) is 0 Å². The highest BCUT2D eigenvalue weighted by molar-refractivity contribution is 5.97. The van der Waals surface area contributed by atoms with Gasteiger partial charge in [0, 0.05) is 31.7 Å². The lowest BCUT2D eigenvalue weighted by molar-refractivity contribution is 0.0570. The molecule has 2 heterocycles. The van der Waals surface area contributed by atoms with Crippen molar-refractivity contribution in [1.82, 2.24) is 14.8 Å².